The third-order valence-corrected chi connectivity index (χ3v) is 1.17. The van der Waals surface area contributed by atoms with E-state index < -0.39 is 12.1 Å². The first kappa shape index (κ1) is 10.2. The molecule has 0 spiro atoms. The van der Waals surface area contributed by atoms with Crippen LogP contribution in [0.15, 0.2) is 0 Å². The molecule has 0 aromatic heterocycles. The van der Waals surface area contributed by atoms with Crippen LogP contribution in [-0.2, 0) is 0 Å². The number of nitrogens with two attached hydrogens (primary N) is 1. The van der Waals surface area contributed by atoms with Gasteiger partial charge < -0.3 is 20.8 Å². The van der Waals surface area contributed by atoms with Crippen molar-refractivity contribution in [2.45, 2.75) is 13.0 Å². The van der Waals surface area contributed by atoms with Crippen LogP contribution in [0.2, 0.25) is 0 Å². The van der Waals surface area contributed by atoms with E-state index >= 15 is 0 Å². The highest BCUT2D eigenvalue weighted by molar-refractivity contribution is 5.71. The summed E-state index contributed by atoms with van der Waals surface area (Å²) >= 11 is 0. The highest BCUT2D eigenvalue weighted by Gasteiger charge is 2.10. The molecule has 0 aromatic carbocycles. The van der Waals surface area contributed by atoms with E-state index in [9.17, 15) is 4.79 Å². The summed E-state index contributed by atoms with van der Waals surface area (Å²) in [5.74, 6) is 0. The fourth-order valence-corrected chi connectivity index (χ4v) is 0.731. The van der Waals surface area contributed by atoms with E-state index in [4.69, 9.17) is 15.9 Å². The first-order valence-corrected chi connectivity index (χ1v) is 3.41. The van der Waals surface area contributed by atoms with Gasteiger partial charge in [-0.05, 0) is 6.92 Å². The Morgan fingerprint density at radius 1 is 1.73 bits per heavy atom. The van der Waals surface area contributed by atoms with Crippen LogP contribution in [-0.4, -0.2) is 46.9 Å². The Morgan fingerprint density at radius 3 is 2.55 bits per heavy atom. The standard InChI is InChI=1S/C6H14N2O3/c1-5(10)4-8(2-3-9)6(7)11/h5,9-10H,2-4H2,1H3,(H2,7,11). The van der Waals surface area contributed by atoms with Gasteiger partial charge in [-0.3, -0.25) is 0 Å². The van der Waals surface area contributed by atoms with Crippen molar-refractivity contribution >= 4 is 6.03 Å². The summed E-state index contributed by atoms with van der Waals surface area (Å²) in [6, 6.07) is -0.625. The van der Waals surface area contributed by atoms with Crippen LogP contribution in [0, 0.1) is 0 Å². The van der Waals surface area contributed by atoms with Gasteiger partial charge in [-0.25, -0.2) is 4.79 Å². The Hall–Kier alpha value is -0.810. The van der Waals surface area contributed by atoms with Crippen molar-refractivity contribution in [3.05, 3.63) is 0 Å². The van der Waals surface area contributed by atoms with Crippen LogP contribution in [0.1, 0.15) is 6.92 Å². The molecule has 0 heterocycles. The molecular formula is C6H14N2O3. The molecule has 0 fully saturated rings. The maximum absolute atomic E-state index is 10.6. The molecule has 11 heavy (non-hydrogen) atoms. The van der Waals surface area contributed by atoms with Crippen LogP contribution in [0.3, 0.4) is 0 Å². The molecule has 4 N–H and O–H groups in total. The summed E-state index contributed by atoms with van der Waals surface area (Å²) in [5.41, 5.74) is 4.94. The van der Waals surface area contributed by atoms with E-state index in [1.807, 2.05) is 0 Å². The molecular weight excluding hydrogens is 148 g/mol. The van der Waals surface area contributed by atoms with Crippen LogP contribution >= 0.6 is 0 Å². The molecule has 0 radical (unpaired) electrons. The maximum Gasteiger partial charge on any atom is 0.314 e. The van der Waals surface area contributed by atoms with Gasteiger partial charge in [-0.15, -0.1) is 0 Å². The second-order valence-electron chi connectivity index (χ2n) is 2.36. The predicted octanol–water partition coefficient (Wildman–Crippen LogP) is -1.26. The third kappa shape index (κ3) is 4.58. The van der Waals surface area contributed by atoms with Gasteiger partial charge >= 0.3 is 6.03 Å². The molecule has 0 saturated carbocycles. The zero-order chi connectivity index (χ0) is 8.85. The number of aliphatic hydroxyl groups excluding tert-OH is 2. The van der Waals surface area contributed by atoms with Crippen molar-refractivity contribution in [2.24, 2.45) is 5.73 Å². The van der Waals surface area contributed by atoms with Crippen LogP contribution in [0.5, 0.6) is 0 Å². The Bertz CT molecular complexity index is 127. The lowest BCUT2D eigenvalue weighted by Crippen LogP contribution is -2.41. The topological polar surface area (TPSA) is 86.8 Å². The Kier molecular flexibility index (Phi) is 4.56. The van der Waals surface area contributed by atoms with Gasteiger partial charge in [0.1, 0.15) is 0 Å². The quantitative estimate of drug-likeness (QED) is 0.482. The lowest BCUT2D eigenvalue weighted by Gasteiger charge is -2.20. The molecule has 0 aliphatic heterocycles. The zero-order valence-electron chi connectivity index (χ0n) is 6.53. The average molecular weight is 162 g/mol. The van der Waals surface area contributed by atoms with Gasteiger partial charge in [0, 0.05) is 13.1 Å². The van der Waals surface area contributed by atoms with Gasteiger partial charge in [0.05, 0.1) is 12.7 Å². The summed E-state index contributed by atoms with van der Waals surface area (Å²) in [5, 5.41) is 17.3. The van der Waals surface area contributed by atoms with Gasteiger partial charge in [0.25, 0.3) is 0 Å². The van der Waals surface area contributed by atoms with Crippen molar-refractivity contribution in [1.29, 1.82) is 0 Å². The molecule has 0 rings (SSSR count). The minimum atomic E-state index is -0.625. The summed E-state index contributed by atoms with van der Waals surface area (Å²) in [7, 11) is 0. The number of primary amides is 1. The summed E-state index contributed by atoms with van der Waals surface area (Å²) in [6.45, 7) is 1.74. The molecule has 66 valence electrons. The molecule has 0 aliphatic carbocycles. The van der Waals surface area contributed by atoms with Crippen molar-refractivity contribution < 1.29 is 15.0 Å². The van der Waals surface area contributed by atoms with Crippen LogP contribution in [0.4, 0.5) is 4.79 Å². The van der Waals surface area contributed by atoms with E-state index in [0.717, 1.165) is 0 Å². The minimum absolute atomic E-state index is 0.143. The second-order valence-corrected chi connectivity index (χ2v) is 2.36. The van der Waals surface area contributed by atoms with E-state index in [1.165, 1.54) is 4.90 Å². The van der Waals surface area contributed by atoms with E-state index in [2.05, 4.69) is 0 Å². The lowest BCUT2D eigenvalue weighted by molar-refractivity contribution is 0.124. The summed E-state index contributed by atoms with van der Waals surface area (Å²) in [6.07, 6.45) is -0.617. The number of hydrogen-bond acceptors (Lipinski definition) is 3. The van der Waals surface area contributed by atoms with Crippen molar-refractivity contribution in [2.75, 3.05) is 19.7 Å². The predicted molar refractivity (Wildman–Crippen MR) is 39.9 cm³/mol. The molecule has 1 unspecified atom stereocenters. The Morgan fingerprint density at radius 2 is 2.27 bits per heavy atom. The fraction of sp³-hybridized carbons (Fsp3) is 0.833. The molecule has 5 heteroatoms. The number of nitrogens with zero attached hydrogens (tertiary/aromatic N) is 1. The highest BCUT2D eigenvalue weighted by Crippen LogP contribution is 1.90. The summed E-state index contributed by atoms with van der Waals surface area (Å²) < 4.78 is 0. The number of urea groups is 1. The monoisotopic (exact) mass is 162 g/mol. The van der Waals surface area contributed by atoms with Gasteiger partial charge in [-0.2, -0.15) is 0 Å². The zero-order valence-corrected chi connectivity index (χ0v) is 6.53. The first-order valence-electron chi connectivity index (χ1n) is 3.41. The molecule has 0 aromatic rings. The second kappa shape index (κ2) is 4.92. The lowest BCUT2D eigenvalue weighted by atomic mass is 10.3. The third-order valence-electron chi connectivity index (χ3n) is 1.17. The normalized spacial score (nSPS) is 12.6. The van der Waals surface area contributed by atoms with Crippen molar-refractivity contribution in [3.8, 4) is 0 Å². The number of rotatable bonds is 4. The largest absolute Gasteiger partial charge is 0.395 e. The molecule has 1 atom stereocenters. The first-order chi connectivity index (χ1) is 5.07. The number of carbonyl (C=O) groups is 1. The molecule has 2 amide bonds. The smallest absolute Gasteiger partial charge is 0.314 e. The van der Waals surface area contributed by atoms with Crippen LogP contribution in [0.25, 0.3) is 0 Å². The molecule has 0 aliphatic rings. The van der Waals surface area contributed by atoms with Gasteiger partial charge in [0.2, 0.25) is 0 Å². The van der Waals surface area contributed by atoms with Crippen LogP contribution < -0.4 is 5.73 Å². The number of hydrogen-bond donors (Lipinski definition) is 3. The molecule has 0 bridgehead atoms. The van der Waals surface area contributed by atoms with Crippen molar-refractivity contribution in [1.82, 2.24) is 4.90 Å². The Labute approximate surface area is 65.4 Å². The molecule has 0 saturated heterocycles. The molecule has 5 nitrogen and oxygen atoms in total. The average Bonchev–Trinajstić information content (AvgIpc) is 1.86. The maximum atomic E-state index is 10.6. The van der Waals surface area contributed by atoms with E-state index in [-0.39, 0.29) is 19.7 Å². The SMILES string of the molecule is CC(O)CN(CCO)C(N)=O. The van der Waals surface area contributed by atoms with E-state index in [1.54, 1.807) is 6.92 Å². The van der Waals surface area contributed by atoms with Gasteiger partial charge in [-0.1, -0.05) is 0 Å². The number of carbonyl (C=O) groups excluding carboxylic acids is 1. The number of aliphatic hydroxyl groups is 2. The van der Waals surface area contributed by atoms with Crippen molar-refractivity contribution in [3.63, 3.8) is 0 Å². The summed E-state index contributed by atoms with van der Waals surface area (Å²) in [4.78, 5) is 11.7. The number of amides is 2. The van der Waals surface area contributed by atoms with E-state index in [0.29, 0.717) is 0 Å². The van der Waals surface area contributed by atoms with Gasteiger partial charge in [0.15, 0.2) is 0 Å². The highest BCUT2D eigenvalue weighted by atomic mass is 16.3. The Balaban J connectivity index is 3.79. The minimum Gasteiger partial charge on any atom is -0.395 e. The fourth-order valence-electron chi connectivity index (χ4n) is 0.731.